The fraction of sp³-hybridized carbons (Fsp3) is 0.864. The third-order valence-electron chi connectivity index (χ3n) is 4.61. The molecule has 148 valence electrons. The first-order chi connectivity index (χ1) is 12.2. The van der Waals surface area contributed by atoms with Gasteiger partial charge in [0.25, 0.3) is 0 Å². The van der Waals surface area contributed by atoms with Crippen molar-refractivity contribution in [3.8, 4) is 0 Å². The van der Waals surface area contributed by atoms with Crippen molar-refractivity contribution >= 4 is 5.97 Å². The maximum Gasteiger partial charge on any atom is 0.333 e. The van der Waals surface area contributed by atoms with E-state index >= 15 is 0 Å². The molecule has 0 rings (SSSR count). The molecule has 0 N–H and O–H groups in total. The molecule has 0 aromatic heterocycles. The van der Waals surface area contributed by atoms with Gasteiger partial charge in [0.15, 0.2) is 0 Å². The molecule has 0 amide bonds. The largest absolute Gasteiger partial charge is 0.462 e. The van der Waals surface area contributed by atoms with Crippen LogP contribution in [-0.4, -0.2) is 19.3 Å². The summed E-state index contributed by atoms with van der Waals surface area (Å²) < 4.78 is 17.0. The van der Waals surface area contributed by atoms with Crippen molar-refractivity contribution in [1.82, 2.24) is 0 Å². The summed E-state index contributed by atoms with van der Waals surface area (Å²) in [4.78, 5) is 11.2. The fourth-order valence-corrected chi connectivity index (χ4v) is 2.96. The Morgan fingerprint density at radius 3 is 1.32 bits per heavy atom. The Labute approximate surface area is 155 Å². The molecule has 0 bridgehead atoms. The number of hydrogen-bond acceptors (Lipinski definition) is 2. The summed E-state index contributed by atoms with van der Waals surface area (Å²) in [6, 6.07) is 0. The molecule has 0 spiro atoms. The molecule has 3 heteroatoms. The zero-order valence-electron chi connectivity index (χ0n) is 16.6. The topological polar surface area (TPSA) is 26.3 Å². The Bertz CT molecular complexity index is 315. The molecular formula is C22H41FO2. The van der Waals surface area contributed by atoms with Gasteiger partial charge in [-0.25, -0.2) is 4.79 Å². The number of hydrogen-bond donors (Lipinski definition) is 0. The van der Waals surface area contributed by atoms with Crippen LogP contribution in [-0.2, 0) is 9.53 Å². The van der Waals surface area contributed by atoms with E-state index in [1.165, 1.54) is 77.0 Å². The monoisotopic (exact) mass is 356 g/mol. The molecule has 0 atom stereocenters. The van der Waals surface area contributed by atoms with Crippen LogP contribution in [0.15, 0.2) is 12.2 Å². The van der Waals surface area contributed by atoms with E-state index in [4.69, 9.17) is 4.74 Å². The summed E-state index contributed by atoms with van der Waals surface area (Å²) in [6.07, 6.45) is 19.8. The van der Waals surface area contributed by atoms with E-state index in [0.29, 0.717) is 12.2 Å². The van der Waals surface area contributed by atoms with Crippen LogP contribution in [0.25, 0.3) is 0 Å². The van der Waals surface area contributed by atoms with Gasteiger partial charge in [-0.05, 0) is 19.8 Å². The van der Waals surface area contributed by atoms with Gasteiger partial charge in [0, 0.05) is 5.57 Å². The summed E-state index contributed by atoms with van der Waals surface area (Å²) in [5, 5.41) is 0. The first kappa shape index (κ1) is 24.1. The van der Waals surface area contributed by atoms with Crippen LogP contribution in [0, 0.1) is 0 Å². The molecule has 0 saturated carbocycles. The van der Waals surface area contributed by atoms with Crippen LogP contribution < -0.4 is 0 Å². The van der Waals surface area contributed by atoms with Crippen LogP contribution >= 0.6 is 0 Å². The average molecular weight is 357 g/mol. The van der Waals surface area contributed by atoms with E-state index in [2.05, 4.69) is 6.58 Å². The molecule has 0 aliphatic heterocycles. The van der Waals surface area contributed by atoms with Crippen LogP contribution in [0.2, 0.25) is 0 Å². The number of halogens is 1. The summed E-state index contributed by atoms with van der Waals surface area (Å²) in [7, 11) is 0. The third-order valence-corrected chi connectivity index (χ3v) is 4.61. The lowest BCUT2D eigenvalue weighted by atomic mass is 10.0. The maximum absolute atomic E-state index is 11.9. The van der Waals surface area contributed by atoms with Gasteiger partial charge in [-0.1, -0.05) is 96.5 Å². The second kappa shape index (κ2) is 19.5. The van der Waals surface area contributed by atoms with Crippen molar-refractivity contribution in [2.75, 3.05) is 13.3 Å². The molecule has 0 fully saturated rings. The molecule has 0 aliphatic rings. The van der Waals surface area contributed by atoms with Crippen molar-refractivity contribution in [3.63, 3.8) is 0 Å². The van der Waals surface area contributed by atoms with Crippen molar-refractivity contribution in [3.05, 3.63) is 12.2 Å². The molecule has 0 radical (unpaired) electrons. The van der Waals surface area contributed by atoms with Gasteiger partial charge < -0.3 is 4.74 Å². The van der Waals surface area contributed by atoms with Crippen molar-refractivity contribution in [2.24, 2.45) is 0 Å². The molecule has 25 heavy (non-hydrogen) atoms. The van der Waals surface area contributed by atoms with Crippen LogP contribution in [0.4, 0.5) is 4.39 Å². The quantitative estimate of drug-likeness (QED) is 0.138. The zero-order chi connectivity index (χ0) is 18.6. The number of rotatable bonds is 19. The van der Waals surface area contributed by atoms with Gasteiger partial charge in [0.1, 0.15) is 0 Å². The Hall–Kier alpha value is -0.860. The minimum absolute atomic E-state index is 0.148. The van der Waals surface area contributed by atoms with Gasteiger partial charge in [0.05, 0.1) is 13.3 Å². The van der Waals surface area contributed by atoms with E-state index in [1.54, 1.807) is 6.92 Å². The normalized spacial score (nSPS) is 10.8. The van der Waals surface area contributed by atoms with Crippen LogP contribution in [0.3, 0.4) is 0 Å². The van der Waals surface area contributed by atoms with Crippen LogP contribution in [0.5, 0.6) is 0 Å². The Morgan fingerprint density at radius 2 is 1.00 bits per heavy atom. The van der Waals surface area contributed by atoms with Crippen molar-refractivity contribution in [1.29, 1.82) is 0 Å². The lowest BCUT2D eigenvalue weighted by Crippen LogP contribution is -2.05. The lowest BCUT2D eigenvalue weighted by Gasteiger charge is -2.05. The molecule has 0 unspecified atom stereocenters. The zero-order valence-corrected chi connectivity index (χ0v) is 16.6. The van der Waals surface area contributed by atoms with E-state index in [1.807, 2.05) is 0 Å². The van der Waals surface area contributed by atoms with E-state index < -0.39 is 0 Å². The molecule has 0 aromatic rings. The molecular weight excluding hydrogens is 315 g/mol. The highest BCUT2D eigenvalue weighted by atomic mass is 19.1. The second-order valence-corrected chi connectivity index (χ2v) is 7.26. The average Bonchev–Trinajstić information content (AvgIpc) is 2.60. The lowest BCUT2D eigenvalue weighted by molar-refractivity contribution is -0.139. The molecule has 0 aromatic carbocycles. The highest BCUT2D eigenvalue weighted by Crippen LogP contribution is 2.13. The third kappa shape index (κ3) is 19.3. The van der Waals surface area contributed by atoms with Gasteiger partial charge >= 0.3 is 5.97 Å². The summed E-state index contributed by atoms with van der Waals surface area (Å²) >= 11 is 0. The van der Waals surface area contributed by atoms with Gasteiger partial charge in [-0.15, -0.1) is 0 Å². The number of carbonyl (C=O) groups excluding carboxylic acids is 1. The van der Waals surface area contributed by atoms with E-state index in [9.17, 15) is 9.18 Å². The molecule has 0 saturated heterocycles. The van der Waals surface area contributed by atoms with E-state index in [-0.39, 0.29) is 12.6 Å². The number of alkyl halides is 1. The number of carbonyl (C=O) groups is 1. The fourth-order valence-electron chi connectivity index (χ4n) is 2.96. The standard InChI is InChI=1S/C22H41FO2/c1-21(2)22(24)25-20-18-16-14-12-10-8-6-4-3-5-7-9-11-13-15-17-19-23/h1,3-20H2,2H3. The highest BCUT2D eigenvalue weighted by Gasteiger charge is 2.01. The first-order valence-electron chi connectivity index (χ1n) is 10.6. The molecule has 0 aliphatic carbocycles. The number of unbranched alkanes of at least 4 members (excludes halogenated alkanes) is 15. The van der Waals surface area contributed by atoms with Crippen molar-refractivity contribution < 1.29 is 13.9 Å². The Balaban J connectivity index is 3.05. The Morgan fingerprint density at radius 1 is 0.680 bits per heavy atom. The predicted octanol–water partition coefficient (Wildman–Crippen LogP) is 7.32. The predicted molar refractivity (Wildman–Crippen MR) is 106 cm³/mol. The molecule has 0 heterocycles. The van der Waals surface area contributed by atoms with Gasteiger partial charge in [0.2, 0.25) is 0 Å². The highest BCUT2D eigenvalue weighted by molar-refractivity contribution is 5.86. The summed E-state index contributed by atoms with van der Waals surface area (Å²) in [6.45, 7) is 5.63. The minimum atomic E-state index is -0.267. The number of ether oxygens (including phenoxy) is 1. The summed E-state index contributed by atoms with van der Waals surface area (Å²) in [5.41, 5.74) is 0.480. The van der Waals surface area contributed by atoms with Crippen molar-refractivity contribution in [2.45, 2.75) is 110 Å². The molecule has 2 nitrogen and oxygen atoms in total. The first-order valence-corrected chi connectivity index (χ1v) is 10.6. The Kier molecular flexibility index (Phi) is 18.8. The SMILES string of the molecule is C=C(C)C(=O)OCCCCCCCCCCCCCCCCCCF. The van der Waals surface area contributed by atoms with Crippen LogP contribution in [0.1, 0.15) is 110 Å². The second-order valence-electron chi connectivity index (χ2n) is 7.26. The maximum atomic E-state index is 11.9. The summed E-state index contributed by atoms with van der Waals surface area (Å²) in [5.74, 6) is -0.267. The van der Waals surface area contributed by atoms with E-state index in [0.717, 1.165) is 25.7 Å². The number of esters is 1. The van der Waals surface area contributed by atoms with Gasteiger partial charge in [-0.2, -0.15) is 0 Å². The smallest absolute Gasteiger partial charge is 0.333 e. The van der Waals surface area contributed by atoms with Gasteiger partial charge in [-0.3, -0.25) is 4.39 Å². The minimum Gasteiger partial charge on any atom is -0.462 e.